The fraction of sp³-hybridized carbons (Fsp3) is 0.423. The molecule has 0 bridgehead atoms. The lowest BCUT2D eigenvalue weighted by Gasteiger charge is -2.32. The molecule has 180 valence electrons. The molecule has 3 heterocycles. The fourth-order valence-electron chi connectivity index (χ4n) is 4.49. The number of aromatic nitrogens is 1. The van der Waals surface area contributed by atoms with E-state index in [9.17, 15) is 9.59 Å². The molecule has 2 aromatic heterocycles. The second kappa shape index (κ2) is 11.3. The van der Waals surface area contributed by atoms with Crippen molar-refractivity contribution >= 4 is 33.2 Å². The van der Waals surface area contributed by atoms with Gasteiger partial charge in [0.1, 0.15) is 0 Å². The number of carbonyl (C=O) groups is 2. The highest BCUT2D eigenvalue weighted by Gasteiger charge is 2.26. The maximum absolute atomic E-state index is 13.0. The number of likely N-dealkylation sites (tertiary alicyclic amines) is 1. The topological polar surface area (TPSA) is 80.8 Å². The number of amides is 2. The van der Waals surface area contributed by atoms with E-state index in [4.69, 9.17) is 9.47 Å². The lowest BCUT2D eigenvalue weighted by atomic mass is 9.91. The van der Waals surface area contributed by atoms with Crippen LogP contribution in [-0.2, 0) is 0 Å². The number of hydrogen-bond donors (Lipinski definition) is 1. The molecule has 0 saturated carbocycles. The first-order valence-corrected chi connectivity index (χ1v) is 12.5. The first-order valence-electron chi connectivity index (χ1n) is 11.7. The van der Waals surface area contributed by atoms with Crippen molar-refractivity contribution in [3.63, 3.8) is 0 Å². The maximum atomic E-state index is 13.0. The number of carbonyl (C=O) groups excluding carboxylic acids is 2. The average molecular weight is 482 g/mol. The first-order chi connectivity index (χ1) is 16.6. The highest BCUT2D eigenvalue weighted by Crippen LogP contribution is 2.33. The van der Waals surface area contributed by atoms with Crippen molar-refractivity contribution in [1.82, 2.24) is 15.2 Å². The Hall–Kier alpha value is -3.13. The van der Waals surface area contributed by atoms with Crippen LogP contribution in [0.25, 0.3) is 10.1 Å². The summed E-state index contributed by atoms with van der Waals surface area (Å²) in [5.41, 5.74) is 0.547. The SMILES string of the molecule is COc1cccc(C(=O)N2CCC(CCCCNC(=O)c3cc4ccncc4s3)CC2)c1OC. The summed E-state index contributed by atoms with van der Waals surface area (Å²) >= 11 is 1.48. The van der Waals surface area contributed by atoms with Crippen molar-refractivity contribution < 1.29 is 19.1 Å². The molecule has 2 amide bonds. The van der Waals surface area contributed by atoms with E-state index in [1.54, 1.807) is 38.7 Å². The van der Waals surface area contributed by atoms with Crippen LogP contribution in [0, 0.1) is 5.92 Å². The van der Waals surface area contributed by atoms with Crippen LogP contribution in [0.1, 0.15) is 52.1 Å². The van der Waals surface area contributed by atoms with Crippen molar-refractivity contribution in [1.29, 1.82) is 0 Å². The first kappa shape index (κ1) is 24.0. The Morgan fingerprint density at radius 3 is 2.71 bits per heavy atom. The molecule has 1 aromatic carbocycles. The average Bonchev–Trinajstić information content (AvgIpc) is 3.32. The van der Waals surface area contributed by atoms with Crippen LogP contribution in [0.5, 0.6) is 11.5 Å². The number of nitrogens with one attached hydrogen (secondary N) is 1. The van der Waals surface area contributed by atoms with Crippen LogP contribution >= 0.6 is 11.3 Å². The number of hydrogen-bond acceptors (Lipinski definition) is 6. The van der Waals surface area contributed by atoms with Gasteiger partial charge >= 0.3 is 0 Å². The van der Waals surface area contributed by atoms with Crippen LogP contribution in [0.2, 0.25) is 0 Å². The van der Waals surface area contributed by atoms with Gasteiger partial charge in [-0.25, -0.2) is 0 Å². The van der Waals surface area contributed by atoms with E-state index in [0.717, 1.165) is 60.2 Å². The van der Waals surface area contributed by atoms with Crippen LogP contribution in [0.3, 0.4) is 0 Å². The molecule has 0 aliphatic carbocycles. The Bertz CT molecular complexity index is 1110. The van der Waals surface area contributed by atoms with Crippen LogP contribution in [0.15, 0.2) is 42.7 Å². The van der Waals surface area contributed by atoms with E-state index >= 15 is 0 Å². The Kier molecular flexibility index (Phi) is 8.00. The summed E-state index contributed by atoms with van der Waals surface area (Å²) in [6, 6.07) is 9.25. The van der Waals surface area contributed by atoms with E-state index in [2.05, 4.69) is 10.3 Å². The summed E-state index contributed by atoms with van der Waals surface area (Å²) < 4.78 is 11.8. The molecule has 1 aliphatic rings. The van der Waals surface area contributed by atoms with Crippen molar-refractivity contribution in [2.24, 2.45) is 5.92 Å². The highest BCUT2D eigenvalue weighted by molar-refractivity contribution is 7.20. The van der Waals surface area contributed by atoms with Crippen LogP contribution < -0.4 is 14.8 Å². The molecule has 0 atom stereocenters. The molecule has 34 heavy (non-hydrogen) atoms. The van der Waals surface area contributed by atoms with Crippen LogP contribution in [0.4, 0.5) is 0 Å². The number of benzene rings is 1. The number of thiophene rings is 1. The van der Waals surface area contributed by atoms with E-state index in [0.29, 0.717) is 29.5 Å². The molecule has 3 aromatic rings. The maximum Gasteiger partial charge on any atom is 0.261 e. The van der Waals surface area contributed by atoms with Crippen molar-refractivity contribution in [2.75, 3.05) is 33.9 Å². The third-order valence-electron chi connectivity index (χ3n) is 6.41. The van der Waals surface area contributed by atoms with E-state index in [1.165, 1.54) is 11.3 Å². The van der Waals surface area contributed by atoms with E-state index < -0.39 is 0 Å². The summed E-state index contributed by atoms with van der Waals surface area (Å²) in [5.74, 6) is 1.66. The van der Waals surface area contributed by atoms with Crippen molar-refractivity contribution in [2.45, 2.75) is 32.1 Å². The van der Waals surface area contributed by atoms with Crippen LogP contribution in [-0.4, -0.2) is 55.6 Å². The minimum absolute atomic E-state index is 0.00562. The Balaban J connectivity index is 1.17. The second-order valence-corrected chi connectivity index (χ2v) is 9.64. The second-order valence-electron chi connectivity index (χ2n) is 8.55. The highest BCUT2D eigenvalue weighted by atomic mass is 32.1. The van der Waals surface area contributed by atoms with Gasteiger partial charge in [-0.1, -0.05) is 18.9 Å². The number of piperidine rings is 1. The monoisotopic (exact) mass is 481 g/mol. The summed E-state index contributed by atoms with van der Waals surface area (Å²) in [4.78, 5) is 32.2. The minimum atomic E-state index is -0.0130. The predicted octanol–water partition coefficient (Wildman–Crippen LogP) is 4.77. The van der Waals surface area contributed by atoms with Gasteiger partial charge in [0, 0.05) is 32.0 Å². The lowest BCUT2D eigenvalue weighted by molar-refractivity contribution is 0.0681. The Labute approximate surface area is 204 Å². The zero-order valence-corrected chi connectivity index (χ0v) is 20.5. The molecule has 1 fully saturated rings. The summed E-state index contributed by atoms with van der Waals surface area (Å²) in [5, 5.41) is 4.09. The fourth-order valence-corrected chi connectivity index (χ4v) is 5.44. The third-order valence-corrected chi connectivity index (χ3v) is 7.49. The molecular weight excluding hydrogens is 450 g/mol. The number of methoxy groups -OCH3 is 2. The Morgan fingerprint density at radius 1 is 1.15 bits per heavy atom. The zero-order chi connectivity index (χ0) is 23.9. The number of para-hydroxylation sites is 1. The lowest BCUT2D eigenvalue weighted by Crippen LogP contribution is -2.38. The van der Waals surface area contributed by atoms with Gasteiger partial charge in [0.05, 0.1) is 29.4 Å². The normalized spacial score (nSPS) is 14.2. The molecule has 0 unspecified atom stereocenters. The number of fused-ring (bicyclic) bond motifs is 1. The molecule has 4 rings (SSSR count). The largest absolute Gasteiger partial charge is 0.493 e. The molecule has 0 radical (unpaired) electrons. The van der Waals surface area contributed by atoms with Crippen molar-refractivity contribution in [3.05, 3.63) is 53.2 Å². The third kappa shape index (κ3) is 5.50. The smallest absolute Gasteiger partial charge is 0.261 e. The van der Waals surface area contributed by atoms with Gasteiger partial charge in [-0.15, -0.1) is 11.3 Å². The molecule has 1 saturated heterocycles. The molecule has 1 N–H and O–H groups in total. The molecule has 7 nitrogen and oxygen atoms in total. The van der Waals surface area contributed by atoms with Gasteiger partial charge in [-0.05, 0) is 54.8 Å². The van der Waals surface area contributed by atoms with Gasteiger partial charge in [0.25, 0.3) is 11.8 Å². The van der Waals surface area contributed by atoms with Gasteiger partial charge < -0.3 is 19.7 Å². The molecular formula is C26H31N3O4S. The van der Waals surface area contributed by atoms with Gasteiger partial charge in [-0.3, -0.25) is 14.6 Å². The zero-order valence-electron chi connectivity index (χ0n) is 19.7. The quantitative estimate of drug-likeness (QED) is 0.446. The van der Waals surface area contributed by atoms with Crippen molar-refractivity contribution in [3.8, 4) is 11.5 Å². The minimum Gasteiger partial charge on any atom is -0.493 e. The standard InChI is InChI=1S/C26H31N3O4S/c1-32-21-8-5-7-20(24(21)33-2)26(31)29-14-10-18(11-15-29)6-3-4-12-28-25(30)22-16-19-9-13-27-17-23(19)34-22/h5,7-9,13,16-18H,3-4,6,10-12,14-15H2,1-2H3,(H,28,30). The van der Waals surface area contributed by atoms with E-state index in [1.807, 2.05) is 23.1 Å². The number of nitrogens with zero attached hydrogens (tertiary/aromatic N) is 2. The molecule has 1 aliphatic heterocycles. The van der Waals surface area contributed by atoms with Gasteiger partial charge in [-0.2, -0.15) is 0 Å². The molecule has 0 spiro atoms. The summed E-state index contributed by atoms with van der Waals surface area (Å²) in [6.07, 6.45) is 8.68. The molecule has 8 heteroatoms. The predicted molar refractivity (Wildman–Crippen MR) is 134 cm³/mol. The van der Waals surface area contributed by atoms with E-state index in [-0.39, 0.29) is 11.8 Å². The number of ether oxygens (including phenoxy) is 2. The Morgan fingerprint density at radius 2 is 1.97 bits per heavy atom. The van der Waals surface area contributed by atoms with Gasteiger partial charge in [0.2, 0.25) is 0 Å². The number of unbranched alkanes of at least 4 members (excludes halogenated alkanes) is 1. The number of rotatable bonds is 9. The van der Waals surface area contributed by atoms with Gasteiger partial charge in [0.15, 0.2) is 11.5 Å². The number of pyridine rings is 1. The summed E-state index contributed by atoms with van der Waals surface area (Å²) in [6.45, 7) is 2.18. The summed E-state index contributed by atoms with van der Waals surface area (Å²) in [7, 11) is 3.13.